The van der Waals surface area contributed by atoms with Crippen molar-refractivity contribution in [1.82, 2.24) is 4.98 Å². The Balaban J connectivity index is 2.53. The van der Waals surface area contributed by atoms with Crippen molar-refractivity contribution in [3.63, 3.8) is 0 Å². The Morgan fingerprint density at radius 1 is 1.32 bits per heavy atom. The molecule has 0 radical (unpaired) electrons. The standard InChI is InChI=1S/C12H14F3NO2S/c1-11(2,3)18-10(17)7-19-9-5-4-8(6-16-9)12(13,14)15/h4-6H,7H2,1-3H3. The summed E-state index contributed by atoms with van der Waals surface area (Å²) >= 11 is 1.04. The van der Waals surface area contributed by atoms with Gasteiger partial charge in [0.2, 0.25) is 0 Å². The Bertz CT molecular complexity index is 438. The number of rotatable bonds is 3. The van der Waals surface area contributed by atoms with E-state index in [9.17, 15) is 18.0 Å². The lowest BCUT2D eigenvalue weighted by Gasteiger charge is -2.19. The summed E-state index contributed by atoms with van der Waals surface area (Å²) in [4.78, 5) is 15.1. The Kier molecular flexibility index (Phi) is 4.84. The quantitative estimate of drug-likeness (QED) is 0.631. The molecular weight excluding hydrogens is 279 g/mol. The molecule has 3 nitrogen and oxygen atoms in total. The maximum Gasteiger partial charge on any atom is 0.417 e. The van der Waals surface area contributed by atoms with Crippen LogP contribution in [0.25, 0.3) is 0 Å². The summed E-state index contributed by atoms with van der Waals surface area (Å²) in [5.74, 6) is -0.422. The van der Waals surface area contributed by atoms with Gasteiger partial charge in [0.25, 0.3) is 0 Å². The van der Waals surface area contributed by atoms with Gasteiger partial charge < -0.3 is 4.74 Å². The van der Waals surface area contributed by atoms with E-state index in [1.165, 1.54) is 6.07 Å². The van der Waals surface area contributed by atoms with Gasteiger partial charge in [0.15, 0.2) is 0 Å². The highest BCUT2D eigenvalue weighted by molar-refractivity contribution is 7.99. The maximum atomic E-state index is 12.3. The van der Waals surface area contributed by atoms with E-state index >= 15 is 0 Å². The minimum absolute atomic E-state index is 0.00956. The number of carbonyl (C=O) groups is 1. The first-order valence-corrected chi connectivity index (χ1v) is 6.44. The number of esters is 1. The first kappa shape index (κ1) is 15.8. The number of ether oxygens (including phenoxy) is 1. The van der Waals surface area contributed by atoms with Gasteiger partial charge in [-0.05, 0) is 32.9 Å². The van der Waals surface area contributed by atoms with E-state index in [0.29, 0.717) is 5.03 Å². The molecule has 1 rings (SSSR count). The number of hydrogen-bond donors (Lipinski definition) is 0. The molecule has 0 amide bonds. The molecule has 1 heterocycles. The largest absolute Gasteiger partial charge is 0.459 e. The molecule has 1 aromatic rings. The first-order valence-electron chi connectivity index (χ1n) is 5.46. The van der Waals surface area contributed by atoms with E-state index in [-0.39, 0.29) is 5.75 Å². The summed E-state index contributed by atoms with van der Waals surface area (Å²) in [5.41, 5.74) is -1.39. The van der Waals surface area contributed by atoms with Crippen molar-refractivity contribution in [2.75, 3.05) is 5.75 Å². The molecule has 0 aromatic carbocycles. The number of hydrogen-bond acceptors (Lipinski definition) is 4. The second-order valence-corrected chi connectivity index (χ2v) is 5.75. The van der Waals surface area contributed by atoms with Crippen molar-refractivity contribution < 1.29 is 22.7 Å². The smallest absolute Gasteiger partial charge is 0.417 e. The molecule has 0 saturated heterocycles. The molecule has 0 aliphatic heterocycles. The number of aromatic nitrogens is 1. The van der Waals surface area contributed by atoms with Crippen LogP contribution in [0, 0.1) is 0 Å². The molecule has 0 unspecified atom stereocenters. The zero-order chi connectivity index (χ0) is 14.7. The van der Waals surface area contributed by atoms with Crippen LogP contribution in [-0.2, 0) is 15.7 Å². The fourth-order valence-electron chi connectivity index (χ4n) is 1.14. The van der Waals surface area contributed by atoms with Crippen LogP contribution in [0.1, 0.15) is 26.3 Å². The molecule has 0 N–H and O–H groups in total. The molecule has 19 heavy (non-hydrogen) atoms. The summed E-state index contributed by atoms with van der Waals surface area (Å²) in [7, 11) is 0. The van der Waals surface area contributed by atoms with Crippen LogP contribution in [0.3, 0.4) is 0 Å². The van der Waals surface area contributed by atoms with Gasteiger partial charge in [-0.1, -0.05) is 11.8 Å². The number of pyridine rings is 1. The first-order chi connectivity index (χ1) is 8.58. The van der Waals surface area contributed by atoms with Crippen LogP contribution in [0.5, 0.6) is 0 Å². The molecule has 7 heteroatoms. The van der Waals surface area contributed by atoms with Crippen molar-refractivity contribution >= 4 is 17.7 Å². The summed E-state index contributed by atoms with van der Waals surface area (Å²) in [5, 5.41) is 0.346. The Morgan fingerprint density at radius 2 is 1.95 bits per heavy atom. The number of halogens is 3. The summed E-state index contributed by atoms with van der Waals surface area (Å²) < 4.78 is 42.0. The maximum absolute atomic E-state index is 12.3. The van der Waals surface area contributed by atoms with Gasteiger partial charge in [-0.3, -0.25) is 4.79 Å². The van der Waals surface area contributed by atoms with Crippen molar-refractivity contribution in [3.05, 3.63) is 23.9 Å². The Labute approximate surface area is 113 Å². The molecule has 0 saturated carbocycles. The van der Waals surface area contributed by atoms with Crippen LogP contribution < -0.4 is 0 Å². The highest BCUT2D eigenvalue weighted by atomic mass is 32.2. The second kappa shape index (κ2) is 5.81. The monoisotopic (exact) mass is 293 g/mol. The van der Waals surface area contributed by atoms with E-state index in [1.807, 2.05) is 0 Å². The van der Waals surface area contributed by atoms with Crippen molar-refractivity contribution in [2.45, 2.75) is 37.6 Å². The SMILES string of the molecule is CC(C)(C)OC(=O)CSc1ccc(C(F)(F)F)cn1. The van der Waals surface area contributed by atoms with Crippen LogP contribution in [0.2, 0.25) is 0 Å². The summed E-state index contributed by atoms with van der Waals surface area (Å²) in [6, 6.07) is 2.17. The fourth-order valence-corrected chi connectivity index (χ4v) is 1.75. The molecule has 0 spiro atoms. The van der Waals surface area contributed by atoms with E-state index in [1.54, 1.807) is 20.8 Å². The van der Waals surface area contributed by atoms with Crippen LogP contribution in [0.4, 0.5) is 13.2 Å². The molecule has 0 bridgehead atoms. The van der Waals surface area contributed by atoms with Crippen LogP contribution in [-0.4, -0.2) is 22.3 Å². The molecule has 0 atom stereocenters. The average molecular weight is 293 g/mol. The van der Waals surface area contributed by atoms with E-state index < -0.39 is 23.3 Å². The third-order valence-corrected chi connectivity index (χ3v) is 2.74. The van der Waals surface area contributed by atoms with Gasteiger partial charge in [-0.25, -0.2) is 4.98 Å². The van der Waals surface area contributed by atoms with Crippen molar-refractivity contribution in [1.29, 1.82) is 0 Å². The predicted octanol–water partition coefficient (Wildman–Crippen LogP) is 3.53. The average Bonchev–Trinajstić information content (AvgIpc) is 2.23. The topological polar surface area (TPSA) is 39.2 Å². The number of thioether (sulfide) groups is 1. The lowest BCUT2D eigenvalue weighted by atomic mass is 10.2. The molecule has 0 aliphatic rings. The number of alkyl halides is 3. The zero-order valence-electron chi connectivity index (χ0n) is 10.7. The molecule has 106 valence electrons. The van der Waals surface area contributed by atoms with Crippen molar-refractivity contribution in [2.24, 2.45) is 0 Å². The van der Waals surface area contributed by atoms with Crippen molar-refractivity contribution in [3.8, 4) is 0 Å². The van der Waals surface area contributed by atoms with E-state index in [4.69, 9.17) is 4.74 Å². The van der Waals surface area contributed by atoms with Crippen LogP contribution >= 0.6 is 11.8 Å². The summed E-state index contributed by atoms with van der Waals surface area (Å²) in [6.07, 6.45) is -3.65. The minimum atomic E-state index is -4.40. The van der Waals surface area contributed by atoms with Gasteiger partial charge in [0, 0.05) is 6.20 Å². The predicted molar refractivity (Wildman–Crippen MR) is 65.8 cm³/mol. The fraction of sp³-hybridized carbons (Fsp3) is 0.500. The lowest BCUT2D eigenvalue weighted by Crippen LogP contribution is -2.24. The van der Waals surface area contributed by atoms with Gasteiger partial charge in [0.1, 0.15) is 5.60 Å². The lowest BCUT2D eigenvalue weighted by molar-refractivity contribution is -0.151. The van der Waals surface area contributed by atoms with Gasteiger partial charge in [-0.2, -0.15) is 13.2 Å². The van der Waals surface area contributed by atoms with Gasteiger partial charge >= 0.3 is 12.1 Å². The third kappa shape index (κ3) is 5.96. The normalized spacial score (nSPS) is 12.3. The Hall–Kier alpha value is -1.24. The zero-order valence-corrected chi connectivity index (χ0v) is 11.6. The second-order valence-electron chi connectivity index (χ2n) is 4.76. The minimum Gasteiger partial charge on any atom is -0.459 e. The summed E-state index contributed by atoms with van der Waals surface area (Å²) in [6.45, 7) is 5.23. The molecular formula is C12H14F3NO2S. The van der Waals surface area contributed by atoms with E-state index in [0.717, 1.165) is 24.0 Å². The van der Waals surface area contributed by atoms with Gasteiger partial charge in [-0.15, -0.1) is 0 Å². The third-order valence-electron chi connectivity index (χ3n) is 1.82. The van der Waals surface area contributed by atoms with Gasteiger partial charge in [0.05, 0.1) is 16.3 Å². The highest BCUT2D eigenvalue weighted by Crippen LogP contribution is 2.29. The molecule has 1 aromatic heterocycles. The Morgan fingerprint density at radius 3 is 2.37 bits per heavy atom. The van der Waals surface area contributed by atoms with Crippen LogP contribution in [0.15, 0.2) is 23.4 Å². The molecule has 0 fully saturated rings. The highest BCUT2D eigenvalue weighted by Gasteiger charge is 2.30. The number of carbonyl (C=O) groups excluding carboxylic acids is 1. The number of nitrogens with zero attached hydrogens (tertiary/aromatic N) is 1. The molecule has 0 aliphatic carbocycles. The van der Waals surface area contributed by atoms with E-state index in [2.05, 4.69) is 4.98 Å².